The molecule has 2 amide bonds. The molecular formula is C16H16N2O4. The summed E-state index contributed by atoms with van der Waals surface area (Å²) in [6.45, 7) is 0.0964. The topological polar surface area (TPSA) is 89.9 Å². The number of carbonyl (C=O) groups excluding carboxylic acids is 2. The first-order chi connectivity index (χ1) is 10.7. The first-order valence-corrected chi connectivity index (χ1v) is 7.06. The molecule has 0 aliphatic carbocycles. The Hall–Kier alpha value is -2.44. The molecule has 3 N–H and O–H groups in total. The maximum absolute atomic E-state index is 12.5. The van der Waals surface area contributed by atoms with E-state index < -0.39 is 11.8 Å². The second-order valence-electron chi connectivity index (χ2n) is 5.02. The molecule has 0 saturated carbocycles. The van der Waals surface area contributed by atoms with E-state index in [-0.39, 0.29) is 19.8 Å². The van der Waals surface area contributed by atoms with Crippen LogP contribution in [0.2, 0.25) is 0 Å². The number of hydrogen-bond acceptors (Lipinski definition) is 5. The number of rotatable bonds is 5. The zero-order chi connectivity index (χ0) is 15.7. The minimum absolute atomic E-state index is 0.00885. The third-order valence-corrected chi connectivity index (χ3v) is 3.74. The fourth-order valence-electron chi connectivity index (χ4n) is 2.79. The van der Waals surface area contributed by atoms with E-state index in [1.807, 2.05) is 6.07 Å². The first kappa shape index (κ1) is 14.5. The predicted octanol–water partition coefficient (Wildman–Crippen LogP) is 0.832. The Morgan fingerprint density at radius 3 is 2.36 bits per heavy atom. The number of β-amino-alcohol motifs (C(OH)–C–C–N with tert-alkyl or cyclic N) is 1. The van der Waals surface area contributed by atoms with Crippen LogP contribution in [0.25, 0.3) is 10.8 Å². The van der Waals surface area contributed by atoms with Gasteiger partial charge in [-0.3, -0.25) is 14.5 Å². The van der Waals surface area contributed by atoms with Gasteiger partial charge >= 0.3 is 0 Å². The smallest absolute Gasteiger partial charge is 0.261 e. The summed E-state index contributed by atoms with van der Waals surface area (Å²) in [6, 6.07) is 8.72. The van der Waals surface area contributed by atoms with Crippen LogP contribution in [-0.4, -0.2) is 53.2 Å². The highest BCUT2D eigenvalue weighted by atomic mass is 16.3. The first-order valence-electron chi connectivity index (χ1n) is 7.06. The maximum Gasteiger partial charge on any atom is 0.261 e. The minimum Gasteiger partial charge on any atom is -0.395 e. The van der Waals surface area contributed by atoms with Gasteiger partial charge in [-0.05, 0) is 18.2 Å². The van der Waals surface area contributed by atoms with Crippen molar-refractivity contribution in [1.82, 2.24) is 4.90 Å². The molecule has 2 aromatic carbocycles. The minimum atomic E-state index is -0.392. The van der Waals surface area contributed by atoms with E-state index in [1.165, 1.54) is 0 Å². The maximum atomic E-state index is 12.5. The van der Waals surface area contributed by atoms with Crippen LogP contribution in [0.1, 0.15) is 20.7 Å². The summed E-state index contributed by atoms with van der Waals surface area (Å²) >= 11 is 0. The molecule has 0 spiro atoms. The third kappa shape index (κ3) is 2.13. The fourth-order valence-corrected chi connectivity index (χ4v) is 2.79. The molecule has 1 aliphatic heterocycles. The van der Waals surface area contributed by atoms with Crippen LogP contribution in [-0.2, 0) is 0 Å². The molecule has 0 fully saturated rings. The molecule has 114 valence electrons. The summed E-state index contributed by atoms with van der Waals surface area (Å²) in [7, 11) is 0. The Labute approximate surface area is 127 Å². The number of aliphatic hydroxyl groups is 2. The lowest BCUT2D eigenvalue weighted by Gasteiger charge is -2.27. The zero-order valence-electron chi connectivity index (χ0n) is 11.9. The summed E-state index contributed by atoms with van der Waals surface area (Å²) < 4.78 is 0. The molecule has 0 unspecified atom stereocenters. The Morgan fingerprint density at radius 2 is 1.68 bits per heavy atom. The quantitative estimate of drug-likeness (QED) is 0.712. The SMILES string of the molecule is O=C1c2cccc3c(NCCO)ccc(c23)C(=O)N1CCO. The van der Waals surface area contributed by atoms with Crippen molar-refractivity contribution < 1.29 is 19.8 Å². The Kier molecular flexibility index (Phi) is 3.79. The van der Waals surface area contributed by atoms with Gasteiger partial charge in [0.1, 0.15) is 0 Å². The third-order valence-electron chi connectivity index (χ3n) is 3.74. The van der Waals surface area contributed by atoms with Gasteiger partial charge in [0.2, 0.25) is 0 Å². The van der Waals surface area contributed by atoms with Gasteiger partial charge in [-0.25, -0.2) is 0 Å². The summed E-state index contributed by atoms with van der Waals surface area (Å²) in [5, 5.41) is 22.5. The van der Waals surface area contributed by atoms with Crippen molar-refractivity contribution in [3.8, 4) is 0 Å². The molecule has 1 aliphatic rings. The van der Waals surface area contributed by atoms with Gasteiger partial charge in [-0.1, -0.05) is 12.1 Å². The van der Waals surface area contributed by atoms with Crippen LogP contribution in [0, 0.1) is 0 Å². The molecular weight excluding hydrogens is 284 g/mol. The Morgan fingerprint density at radius 1 is 0.955 bits per heavy atom. The highest BCUT2D eigenvalue weighted by molar-refractivity contribution is 6.26. The van der Waals surface area contributed by atoms with Crippen LogP contribution >= 0.6 is 0 Å². The van der Waals surface area contributed by atoms with E-state index in [0.717, 1.165) is 16.0 Å². The van der Waals surface area contributed by atoms with Crippen LogP contribution in [0.3, 0.4) is 0 Å². The summed E-state index contributed by atoms with van der Waals surface area (Å²) in [5.41, 5.74) is 1.67. The van der Waals surface area contributed by atoms with Gasteiger partial charge < -0.3 is 15.5 Å². The van der Waals surface area contributed by atoms with Gasteiger partial charge in [0.25, 0.3) is 11.8 Å². The highest BCUT2D eigenvalue weighted by Gasteiger charge is 2.32. The van der Waals surface area contributed by atoms with Gasteiger partial charge in [0.15, 0.2) is 0 Å². The number of carbonyl (C=O) groups is 2. The molecule has 2 aromatic rings. The van der Waals surface area contributed by atoms with Crippen LogP contribution < -0.4 is 5.32 Å². The van der Waals surface area contributed by atoms with Crippen molar-refractivity contribution in [3.63, 3.8) is 0 Å². The average molecular weight is 300 g/mol. The molecule has 0 aromatic heterocycles. The molecule has 0 saturated heterocycles. The zero-order valence-corrected chi connectivity index (χ0v) is 11.9. The van der Waals surface area contributed by atoms with E-state index in [4.69, 9.17) is 10.2 Å². The molecule has 22 heavy (non-hydrogen) atoms. The van der Waals surface area contributed by atoms with E-state index in [2.05, 4.69) is 5.32 Å². The predicted molar refractivity (Wildman–Crippen MR) is 82.0 cm³/mol. The van der Waals surface area contributed by atoms with Crippen molar-refractivity contribution in [2.45, 2.75) is 0 Å². The monoisotopic (exact) mass is 300 g/mol. The molecule has 6 heteroatoms. The molecule has 0 radical (unpaired) electrons. The van der Waals surface area contributed by atoms with Crippen LogP contribution in [0.4, 0.5) is 5.69 Å². The lowest BCUT2D eigenvalue weighted by molar-refractivity contribution is 0.0580. The average Bonchev–Trinajstić information content (AvgIpc) is 2.54. The van der Waals surface area contributed by atoms with Crippen molar-refractivity contribution in [2.24, 2.45) is 0 Å². The van der Waals surface area contributed by atoms with E-state index in [9.17, 15) is 9.59 Å². The van der Waals surface area contributed by atoms with Crippen molar-refractivity contribution in [3.05, 3.63) is 41.5 Å². The van der Waals surface area contributed by atoms with Crippen LogP contribution in [0.5, 0.6) is 0 Å². The summed E-state index contributed by atoms with van der Waals surface area (Å²) in [5.74, 6) is -0.784. The van der Waals surface area contributed by atoms with Gasteiger partial charge in [-0.15, -0.1) is 0 Å². The number of hydrogen-bond donors (Lipinski definition) is 3. The number of aliphatic hydroxyl groups excluding tert-OH is 2. The van der Waals surface area contributed by atoms with E-state index in [0.29, 0.717) is 23.1 Å². The lowest BCUT2D eigenvalue weighted by atomic mass is 9.93. The summed E-state index contributed by atoms with van der Waals surface area (Å²) in [6.07, 6.45) is 0. The second-order valence-corrected chi connectivity index (χ2v) is 5.02. The molecule has 3 rings (SSSR count). The highest BCUT2D eigenvalue weighted by Crippen LogP contribution is 2.34. The second kappa shape index (κ2) is 5.75. The molecule has 6 nitrogen and oxygen atoms in total. The van der Waals surface area contributed by atoms with Crippen molar-refractivity contribution in [1.29, 1.82) is 0 Å². The molecule has 0 atom stereocenters. The number of amides is 2. The molecule has 0 bridgehead atoms. The van der Waals surface area contributed by atoms with Gasteiger partial charge in [0, 0.05) is 34.1 Å². The largest absolute Gasteiger partial charge is 0.395 e. The van der Waals surface area contributed by atoms with Gasteiger partial charge in [0.05, 0.1) is 19.8 Å². The summed E-state index contributed by atoms with van der Waals surface area (Å²) in [4.78, 5) is 26.0. The standard InChI is InChI=1S/C16H16N2O4/c19-8-6-17-13-5-4-12-14-10(13)2-1-3-11(14)15(21)18(7-9-20)16(12)22/h1-5,17,19-20H,6-9H2. The molecule has 1 heterocycles. The van der Waals surface area contributed by atoms with Crippen molar-refractivity contribution in [2.75, 3.05) is 31.6 Å². The van der Waals surface area contributed by atoms with E-state index in [1.54, 1.807) is 24.3 Å². The normalized spacial score (nSPS) is 13.8. The number of nitrogens with zero attached hydrogens (tertiary/aromatic N) is 1. The number of imide groups is 1. The number of nitrogens with one attached hydrogen (secondary N) is 1. The fraction of sp³-hybridized carbons (Fsp3) is 0.250. The van der Waals surface area contributed by atoms with E-state index >= 15 is 0 Å². The Balaban J connectivity index is 2.20. The lowest BCUT2D eigenvalue weighted by Crippen LogP contribution is -2.41. The number of anilines is 1. The Bertz CT molecular complexity index is 735. The van der Waals surface area contributed by atoms with Gasteiger partial charge in [-0.2, -0.15) is 0 Å². The number of benzene rings is 2. The van der Waals surface area contributed by atoms with Crippen LogP contribution in [0.15, 0.2) is 30.3 Å². The van der Waals surface area contributed by atoms with Crippen molar-refractivity contribution >= 4 is 28.3 Å².